The fourth-order valence-electron chi connectivity index (χ4n) is 4.00. The van der Waals surface area contributed by atoms with Crippen molar-refractivity contribution < 1.29 is 51.2 Å². The number of carbonyl (C=O) groups excluding carboxylic acids is 2. The number of nitrogens with one attached hydrogen (secondary N) is 2. The maximum atomic E-state index is 13.2. The summed E-state index contributed by atoms with van der Waals surface area (Å²) >= 11 is 0. The van der Waals surface area contributed by atoms with Gasteiger partial charge in [-0.15, -0.1) is 0 Å². The highest BCUT2D eigenvalue weighted by Crippen LogP contribution is 2.26. The van der Waals surface area contributed by atoms with Crippen LogP contribution >= 0.6 is 0 Å². The van der Waals surface area contributed by atoms with E-state index in [1.54, 1.807) is 32.0 Å². The van der Waals surface area contributed by atoms with Gasteiger partial charge >= 0.3 is 6.09 Å². The molecule has 0 radical (unpaired) electrons. The Labute approximate surface area is 284 Å². The van der Waals surface area contributed by atoms with Gasteiger partial charge in [-0.1, -0.05) is 37.2 Å². The van der Waals surface area contributed by atoms with Gasteiger partial charge in [0.1, 0.15) is 6.10 Å². The summed E-state index contributed by atoms with van der Waals surface area (Å²) in [6.07, 6.45) is -1.91. The molecule has 0 aromatic heterocycles. The van der Waals surface area contributed by atoms with Crippen LogP contribution in [0.1, 0.15) is 40.5 Å². The minimum absolute atomic E-state index is 0.0484. The lowest BCUT2D eigenvalue weighted by Gasteiger charge is -2.34. The van der Waals surface area contributed by atoms with Crippen molar-refractivity contribution in [3.8, 4) is 0 Å². The summed E-state index contributed by atoms with van der Waals surface area (Å²) < 4.78 is 64.6. The number of hydrogen-bond donors (Lipinski definition) is 2. The van der Waals surface area contributed by atoms with E-state index in [9.17, 15) is 18.0 Å². The van der Waals surface area contributed by atoms with Gasteiger partial charge in [0.05, 0.1) is 63.5 Å². The monoisotopic (exact) mass is 703 g/mol. The molecule has 274 valence electrons. The summed E-state index contributed by atoms with van der Waals surface area (Å²) in [5, 5.41) is 8.80. The smallest absolute Gasteiger partial charge is 0.407 e. The number of alkyl carbamates (subject to hydrolysis) is 1. The Kier molecular flexibility index (Phi) is 23.2. The quantitative estimate of drug-likeness (QED) is 0.0407. The Morgan fingerprint density at radius 1 is 0.875 bits per heavy atom. The van der Waals surface area contributed by atoms with E-state index >= 15 is 0 Å². The van der Waals surface area contributed by atoms with Gasteiger partial charge in [-0.3, -0.25) is 4.79 Å². The SMILES string of the molecule is CCOC(CCNC(=O)OC(CS(=O)(=O)c1ccccc1)C(C)(C)CNC(=O)CCOCCOCCOCCOCCN=[N+]=[N-])OCC. The van der Waals surface area contributed by atoms with Crippen LogP contribution in [0.25, 0.3) is 10.4 Å². The summed E-state index contributed by atoms with van der Waals surface area (Å²) in [5.74, 6) is -0.778. The van der Waals surface area contributed by atoms with Crippen molar-refractivity contribution >= 4 is 21.8 Å². The topological polar surface area (TPSA) is 206 Å². The van der Waals surface area contributed by atoms with Gasteiger partial charge in [-0.25, -0.2) is 13.2 Å². The van der Waals surface area contributed by atoms with Gasteiger partial charge < -0.3 is 43.8 Å². The minimum Gasteiger partial charge on any atom is -0.445 e. The largest absolute Gasteiger partial charge is 0.445 e. The number of rotatable bonds is 29. The zero-order valence-electron chi connectivity index (χ0n) is 28.6. The number of sulfone groups is 1. The molecule has 1 rings (SSSR count). The number of benzene rings is 1. The van der Waals surface area contributed by atoms with Gasteiger partial charge in [-0.05, 0) is 31.5 Å². The molecule has 1 atom stereocenters. The summed E-state index contributed by atoms with van der Waals surface area (Å²) in [7, 11) is -3.83. The molecule has 1 unspecified atom stereocenters. The third-order valence-electron chi connectivity index (χ3n) is 6.68. The number of ether oxygens (including phenoxy) is 7. The Bertz CT molecular complexity index is 1160. The Morgan fingerprint density at radius 3 is 2.00 bits per heavy atom. The van der Waals surface area contributed by atoms with Crippen LogP contribution in [0, 0.1) is 5.41 Å². The summed E-state index contributed by atoms with van der Waals surface area (Å²) in [6.45, 7) is 11.2. The van der Waals surface area contributed by atoms with Gasteiger partial charge in [0.15, 0.2) is 16.1 Å². The van der Waals surface area contributed by atoms with Crippen LogP contribution in [0.2, 0.25) is 0 Å². The number of hydrogen-bond acceptors (Lipinski definition) is 12. The maximum absolute atomic E-state index is 13.2. The Morgan fingerprint density at radius 2 is 1.44 bits per heavy atom. The lowest BCUT2D eigenvalue weighted by Crippen LogP contribution is -2.48. The van der Waals surface area contributed by atoms with E-state index < -0.39 is 39.5 Å². The van der Waals surface area contributed by atoms with Crippen molar-refractivity contribution in [2.75, 3.05) is 91.5 Å². The lowest BCUT2D eigenvalue weighted by molar-refractivity contribution is -0.138. The second-order valence-electron chi connectivity index (χ2n) is 11.0. The van der Waals surface area contributed by atoms with E-state index in [2.05, 4.69) is 20.7 Å². The van der Waals surface area contributed by atoms with Crippen molar-refractivity contribution in [3.63, 3.8) is 0 Å². The van der Waals surface area contributed by atoms with Gasteiger partial charge in [0.2, 0.25) is 5.91 Å². The molecule has 0 aliphatic rings. The van der Waals surface area contributed by atoms with E-state index in [0.29, 0.717) is 65.9 Å². The third kappa shape index (κ3) is 20.4. The maximum Gasteiger partial charge on any atom is 0.407 e. The third-order valence-corrected chi connectivity index (χ3v) is 8.41. The summed E-state index contributed by atoms with van der Waals surface area (Å²) in [4.78, 5) is 28.1. The fraction of sp³-hybridized carbons (Fsp3) is 0.742. The molecule has 0 fully saturated rings. The van der Waals surface area contributed by atoms with E-state index in [1.807, 2.05) is 13.8 Å². The van der Waals surface area contributed by atoms with Gasteiger partial charge in [0.25, 0.3) is 0 Å². The zero-order valence-corrected chi connectivity index (χ0v) is 29.4. The van der Waals surface area contributed by atoms with Crippen molar-refractivity contribution in [1.29, 1.82) is 0 Å². The van der Waals surface area contributed by atoms with Crippen LogP contribution in [-0.4, -0.2) is 124 Å². The average molecular weight is 704 g/mol. The highest BCUT2D eigenvalue weighted by atomic mass is 32.2. The van der Waals surface area contributed by atoms with Crippen molar-refractivity contribution in [1.82, 2.24) is 10.6 Å². The molecule has 0 aliphatic carbocycles. The zero-order chi connectivity index (χ0) is 35.5. The number of nitrogens with zero attached hydrogens (tertiary/aromatic N) is 3. The molecule has 0 heterocycles. The molecule has 0 bridgehead atoms. The first-order valence-electron chi connectivity index (χ1n) is 16.1. The molecular weight excluding hydrogens is 650 g/mol. The van der Waals surface area contributed by atoms with Crippen molar-refractivity contribution in [2.45, 2.75) is 57.8 Å². The molecule has 0 spiro atoms. The molecule has 17 heteroatoms. The predicted octanol–water partition coefficient (Wildman–Crippen LogP) is 3.25. The summed E-state index contributed by atoms with van der Waals surface area (Å²) in [5.41, 5.74) is 7.22. The van der Waals surface area contributed by atoms with E-state index in [4.69, 9.17) is 38.7 Å². The molecule has 0 saturated carbocycles. The van der Waals surface area contributed by atoms with Crippen LogP contribution in [0.15, 0.2) is 40.3 Å². The molecule has 2 amide bonds. The van der Waals surface area contributed by atoms with Crippen LogP contribution < -0.4 is 10.6 Å². The first kappa shape index (κ1) is 43.0. The highest BCUT2D eigenvalue weighted by Gasteiger charge is 2.37. The van der Waals surface area contributed by atoms with Crippen LogP contribution in [0.4, 0.5) is 4.79 Å². The number of azide groups is 1. The molecule has 0 saturated heterocycles. The molecule has 2 N–H and O–H groups in total. The predicted molar refractivity (Wildman–Crippen MR) is 177 cm³/mol. The highest BCUT2D eigenvalue weighted by molar-refractivity contribution is 7.91. The second-order valence-corrected chi connectivity index (χ2v) is 13.0. The van der Waals surface area contributed by atoms with Crippen molar-refractivity contribution in [2.24, 2.45) is 10.5 Å². The summed E-state index contributed by atoms with van der Waals surface area (Å²) in [6, 6.07) is 7.92. The number of amides is 2. The van der Waals surface area contributed by atoms with Crippen LogP contribution in [0.3, 0.4) is 0 Å². The Hall–Kier alpha value is -3.02. The Balaban J connectivity index is 2.50. The molecule has 16 nitrogen and oxygen atoms in total. The first-order chi connectivity index (χ1) is 23.1. The molecule has 1 aromatic rings. The first-order valence-corrected chi connectivity index (χ1v) is 17.7. The van der Waals surface area contributed by atoms with Crippen LogP contribution in [0.5, 0.6) is 0 Å². The molecule has 0 aliphatic heterocycles. The van der Waals surface area contributed by atoms with Gasteiger partial charge in [-0.2, -0.15) is 0 Å². The second kappa shape index (κ2) is 25.9. The minimum atomic E-state index is -3.83. The molecule has 48 heavy (non-hydrogen) atoms. The van der Waals surface area contributed by atoms with E-state index in [-0.39, 0.29) is 43.5 Å². The van der Waals surface area contributed by atoms with Crippen molar-refractivity contribution in [3.05, 3.63) is 40.8 Å². The average Bonchev–Trinajstić information content (AvgIpc) is 3.06. The molecule has 1 aromatic carbocycles. The standard InChI is InChI=1S/C31H53N5O11S/c1-5-45-29(46-6-2)12-14-33-30(38)47-27(24-48(39,40)26-10-8-7-9-11-26)31(3,4)25-34-28(37)13-16-41-18-20-43-22-23-44-21-19-42-17-15-35-36-32/h7-11,27,29H,5-6,12-25H2,1-4H3,(H,33,38)(H,34,37). The van der Waals surface area contributed by atoms with E-state index in [0.717, 1.165) is 0 Å². The number of carbonyl (C=O) groups is 2. The van der Waals surface area contributed by atoms with E-state index in [1.165, 1.54) is 12.1 Å². The van der Waals surface area contributed by atoms with Crippen LogP contribution in [-0.2, 0) is 47.8 Å². The lowest BCUT2D eigenvalue weighted by atomic mass is 9.87. The normalized spacial score (nSPS) is 12.4. The van der Waals surface area contributed by atoms with Gasteiger partial charge in [0, 0.05) is 56.0 Å². The fourth-order valence-corrected chi connectivity index (χ4v) is 5.68. The molecular formula is C31H53N5O11S.